The largest absolute Gasteiger partial charge is 0.493 e. The molecule has 1 aromatic heterocycles. The normalized spacial score (nSPS) is 14.5. The molecule has 0 aliphatic heterocycles. The number of aromatic nitrogens is 1. The van der Waals surface area contributed by atoms with Gasteiger partial charge in [-0.05, 0) is 37.5 Å². The quantitative estimate of drug-likeness (QED) is 0.719. The average molecular weight is 390 g/mol. The van der Waals surface area contributed by atoms with Crippen molar-refractivity contribution in [2.24, 2.45) is 5.92 Å². The fourth-order valence-corrected chi connectivity index (χ4v) is 3.80. The summed E-state index contributed by atoms with van der Waals surface area (Å²) in [6, 6.07) is 4.55. The summed E-state index contributed by atoms with van der Waals surface area (Å²) in [6.07, 6.45) is 2.53. The molecule has 1 aliphatic rings. The number of ether oxygens (including phenoxy) is 2. The Balaban J connectivity index is 1.81. The Labute approximate surface area is 161 Å². The highest BCUT2D eigenvalue weighted by Gasteiger charge is 2.31. The number of nitrogens with zero attached hydrogens (tertiary/aromatic N) is 1. The van der Waals surface area contributed by atoms with Gasteiger partial charge in [0.1, 0.15) is 15.9 Å². The van der Waals surface area contributed by atoms with Crippen molar-refractivity contribution in [2.75, 3.05) is 14.2 Å². The lowest BCUT2D eigenvalue weighted by atomic mass is 10.1. The van der Waals surface area contributed by atoms with Gasteiger partial charge >= 0.3 is 5.97 Å². The Kier molecular flexibility index (Phi) is 5.65. The van der Waals surface area contributed by atoms with Crippen molar-refractivity contribution in [1.82, 2.24) is 10.3 Å². The van der Waals surface area contributed by atoms with E-state index in [1.807, 2.05) is 6.07 Å². The minimum Gasteiger partial charge on any atom is -0.493 e. The number of carboxylic acid groups (broad SMARTS) is 1. The van der Waals surface area contributed by atoms with Gasteiger partial charge in [0.15, 0.2) is 11.5 Å². The first-order chi connectivity index (χ1) is 12.9. The van der Waals surface area contributed by atoms with Gasteiger partial charge in [-0.3, -0.25) is 4.79 Å². The summed E-state index contributed by atoms with van der Waals surface area (Å²) in [5.41, 5.74) is 1.37. The van der Waals surface area contributed by atoms with Crippen molar-refractivity contribution in [1.29, 1.82) is 0 Å². The van der Waals surface area contributed by atoms with Crippen LogP contribution in [0.25, 0.3) is 10.6 Å². The molecule has 27 heavy (non-hydrogen) atoms. The third kappa shape index (κ3) is 4.39. The van der Waals surface area contributed by atoms with Gasteiger partial charge in [-0.2, -0.15) is 0 Å². The summed E-state index contributed by atoms with van der Waals surface area (Å²) in [7, 11) is 3.12. The monoisotopic (exact) mass is 390 g/mol. The van der Waals surface area contributed by atoms with E-state index in [0.29, 0.717) is 39.4 Å². The molecule has 1 amide bonds. The number of hydrogen-bond acceptors (Lipinski definition) is 6. The summed E-state index contributed by atoms with van der Waals surface area (Å²) in [6.45, 7) is 1.74. The van der Waals surface area contributed by atoms with E-state index < -0.39 is 17.9 Å². The molecule has 1 atom stereocenters. The molecular weight excluding hydrogens is 368 g/mol. The van der Waals surface area contributed by atoms with Gasteiger partial charge in [-0.25, -0.2) is 9.78 Å². The molecule has 0 radical (unpaired) electrons. The lowest BCUT2D eigenvalue weighted by molar-refractivity contribution is -0.139. The number of aliphatic carboxylic acids is 1. The number of carboxylic acids is 1. The lowest BCUT2D eigenvalue weighted by Gasteiger charge is -2.13. The van der Waals surface area contributed by atoms with Crippen LogP contribution in [0.1, 0.15) is 34.6 Å². The van der Waals surface area contributed by atoms with Crippen molar-refractivity contribution in [3.05, 3.63) is 28.8 Å². The van der Waals surface area contributed by atoms with E-state index in [2.05, 4.69) is 10.3 Å². The molecule has 2 aromatic rings. The summed E-state index contributed by atoms with van der Waals surface area (Å²) in [5, 5.41) is 12.7. The van der Waals surface area contributed by atoms with Crippen LogP contribution in [0, 0.1) is 12.8 Å². The molecule has 0 bridgehead atoms. The smallest absolute Gasteiger partial charge is 0.326 e. The maximum Gasteiger partial charge on any atom is 0.326 e. The van der Waals surface area contributed by atoms with Crippen LogP contribution in [0.4, 0.5) is 0 Å². The fraction of sp³-hybridized carbons (Fsp3) is 0.421. The second-order valence-corrected chi connectivity index (χ2v) is 7.55. The van der Waals surface area contributed by atoms with Crippen LogP contribution in [0.15, 0.2) is 18.2 Å². The first-order valence-electron chi connectivity index (χ1n) is 8.66. The average Bonchev–Trinajstić information content (AvgIpc) is 3.39. The number of hydrogen-bond donors (Lipinski definition) is 2. The number of amides is 1. The Morgan fingerprint density at radius 2 is 2.00 bits per heavy atom. The van der Waals surface area contributed by atoms with Gasteiger partial charge in [0.05, 0.1) is 19.9 Å². The number of carbonyl (C=O) groups excluding carboxylic acids is 1. The van der Waals surface area contributed by atoms with E-state index >= 15 is 0 Å². The maximum absolute atomic E-state index is 12.6. The number of rotatable bonds is 8. The van der Waals surface area contributed by atoms with Crippen molar-refractivity contribution in [2.45, 2.75) is 32.2 Å². The molecule has 1 aromatic carbocycles. The van der Waals surface area contributed by atoms with Gasteiger partial charge in [0.25, 0.3) is 5.91 Å². The number of benzene rings is 1. The van der Waals surface area contributed by atoms with Crippen molar-refractivity contribution in [3.8, 4) is 22.1 Å². The molecule has 1 fully saturated rings. The van der Waals surface area contributed by atoms with Crippen LogP contribution >= 0.6 is 11.3 Å². The van der Waals surface area contributed by atoms with E-state index in [0.717, 1.165) is 18.4 Å². The molecule has 144 valence electrons. The topological polar surface area (TPSA) is 97.8 Å². The van der Waals surface area contributed by atoms with E-state index in [-0.39, 0.29) is 0 Å². The van der Waals surface area contributed by atoms with Crippen LogP contribution in [0.3, 0.4) is 0 Å². The Bertz CT molecular complexity index is 860. The second-order valence-electron chi connectivity index (χ2n) is 6.55. The molecule has 3 rings (SSSR count). The fourth-order valence-electron chi connectivity index (χ4n) is 2.83. The molecule has 8 heteroatoms. The van der Waals surface area contributed by atoms with Crippen LogP contribution in [-0.4, -0.2) is 42.2 Å². The zero-order chi connectivity index (χ0) is 19.6. The Hall–Kier alpha value is -2.61. The summed E-state index contributed by atoms with van der Waals surface area (Å²) >= 11 is 1.23. The van der Waals surface area contributed by atoms with Gasteiger partial charge < -0.3 is 19.9 Å². The molecule has 1 aliphatic carbocycles. The lowest BCUT2D eigenvalue weighted by Crippen LogP contribution is -2.41. The molecule has 2 N–H and O–H groups in total. The van der Waals surface area contributed by atoms with E-state index in [1.165, 1.54) is 11.3 Å². The van der Waals surface area contributed by atoms with E-state index in [9.17, 15) is 14.7 Å². The molecule has 1 saturated carbocycles. The minimum atomic E-state index is -1.00. The summed E-state index contributed by atoms with van der Waals surface area (Å²) in [5.74, 6) is 0.180. The van der Waals surface area contributed by atoms with Crippen LogP contribution in [0.5, 0.6) is 11.5 Å². The first kappa shape index (κ1) is 19.2. The van der Waals surface area contributed by atoms with Crippen molar-refractivity contribution < 1.29 is 24.2 Å². The molecule has 0 spiro atoms. The van der Waals surface area contributed by atoms with E-state index in [1.54, 1.807) is 33.3 Å². The number of nitrogens with one attached hydrogen (secondary N) is 1. The van der Waals surface area contributed by atoms with Gasteiger partial charge in [0.2, 0.25) is 0 Å². The maximum atomic E-state index is 12.6. The van der Waals surface area contributed by atoms with Gasteiger partial charge in [-0.15, -0.1) is 11.3 Å². The third-order valence-electron chi connectivity index (χ3n) is 4.50. The highest BCUT2D eigenvalue weighted by Crippen LogP contribution is 2.36. The predicted octanol–water partition coefficient (Wildman–Crippen LogP) is 3.12. The Morgan fingerprint density at radius 3 is 2.59 bits per heavy atom. The third-order valence-corrected chi connectivity index (χ3v) is 5.71. The number of methoxy groups -OCH3 is 2. The highest BCUT2D eigenvalue weighted by atomic mass is 32.1. The second kappa shape index (κ2) is 7.96. The van der Waals surface area contributed by atoms with Gasteiger partial charge in [0, 0.05) is 5.56 Å². The standard InChI is InChI=1S/C19H22N2O5S/c1-10-16(17(22)21-13(19(23)24)8-11-4-5-11)27-18(20-10)12-6-7-14(25-2)15(9-12)26-3/h6-7,9,11,13H,4-5,8H2,1-3H3,(H,21,22)(H,23,24). The SMILES string of the molecule is COc1ccc(-c2nc(C)c(C(=O)NC(CC3CC3)C(=O)O)s2)cc1OC. The zero-order valence-electron chi connectivity index (χ0n) is 15.4. The molecule has 1 unspecified atom stereocenters. The zero-order valence-corrected chi connectivity index (χ0v) is 16.3. The predicted molar refractivity (Wildman–Crippen MR) is 102 cm³/mol. The molecule has 1 heterocycles. The first-order valence-corrected chi connectivity index (χ1v) is 9.48. The van der Waals surface area contributed by atoms with Crippen LogP contribution in [0.2, 0.25) is 0 Å². The molecular formula is C19H22N2O5S. The van der Waals surface area contributed by atoms with Crippen molar-refractivity contribution in [3.63, 3.8) is 0 Å². The van der Waals surface area contributed by atoms with E-state index in [4.69, 9.17) is 9.47 Å². The van der Waals surface area contributed by atoms with Crippen LogP contribution in [-0.2, 0) is 4.79 Å². The highest BCUT2D eigenvalue weighted by molar-refractivity contribution is 7.17. The minimum absolute atomic E-state index is 0.398. The summed E-state index contributed by atoms with van der Waals surface area (Å²) < 4.78 is 10.5. The van der Waals surface area contributed by atoms with Crippen LogP contribution < -0.4 is 14.8 Å². The Morgan fingerprint density at radius 1 is 1.30 bits per heavy atom. The number of aryl methyl sites for hydroxylation is 1. The molecule has 0 saturated heterocycles. The number of thiazole rings is 1. The van der Waals surface area contributed by atoms with Crippen molar-refractivity contribution >= 4 is 23.2 Å². The molecule has 7 nitrogen and oxygen atoms in total. The number of carbonyl (C=O) groups is 2. The summed E-state index contributed by atoms with van der Waals surface area (Å²) in [4.78, 5) is 28.9. The van der Waals surface area contributed by atoms with Gasteiger partial charge in [-0.1, -0.05) is 12.8 Å².